The molecule has 1 aliphatic rings. The second kappa shape index (κ2) is 10.7. The van der Waals surface area contributed by atoms with Gasteiger partial charge in [0.05, 0.1) is 6.04 Å². The number of halogens is 1. The molecule has 1 aliphatic carbocycles. The third-order valence-electron chi connectivity index (χ3n) is 7.37. The fourth-order valence-corrected chi connectivity index (χ4v) is 4.90. The van der Waals surface area contributed by atoms with E-state index in [4.69, 9.17) is 5.73 Å². The zero-order valence-electron chi connectivity index (χ0n) is 21.9. The summed E-state index contributed by atoms with van der Waals surface area (Å²) >= 11 is 0. The van der Waals surface area contributed by atoms with Crippen LogP contribution in [0.3, 0.4) is 0 Å². The second-order valence-electron chi connectivity index (χ2n) is 9.84. The summed E-state index contributed by atoms with van der Waals surface area (Å²) in [6, 6.07) is 9.56. The fourth-order valence-electron chi connectivity index (χ4n) is 4.90. The molecule has 0 bridgehead atoms. The van der Waals surface area contributed by atoms with Crippen molar-refractivity contribution in [2.75, 3.05) is 11.1 Å². The van der Waals surface area contributed by atoms with E-state index in [2.05, 4.69) is 45.8 Å². The van der Waals surface area contributed by atoms with Crippen LogP contribution in [-0.4, -0.2) is 21.8 Å². The number of nitrogen functional groups attached to an aromatic ring is 1. The van der Waals surface area contributed by atoms with Crippen LogP contribution in [0.2, 0.25) is 0 Å². The number of aromatic nitrogens is 2. The van der Waals surface area contributed by atoms with Gasteiger partial charge in [0, 0.05) is 24.7 Å². The lowest BCUT2D eigenvalue weighted by Crippen LogP contribution is -2.37. The molecule has 3 aromatic carbocycles. The van der Waals surface area contributed by atoms with E-state index in [0.29, 0.717) is 5.56 Å². The molecule has 1 aromatic heterocycles. The number of carbonyl (C=O) groups excluding carboxylic acids is 2. The van der Waals surface area contributed by atoms with Crippen molar-refractivity contribution in [3.05, 3.63) is 114 Å². The summed E-state index contributed by atoms with van der Waals surface area (Å²) in [7, 11) is 0. The van der Waals surface area contributed by atoms with E-state index in [-0.39, 0.29) is 47.5 Å². The predicted molar refractivity (Wildman–Crippen MR) is 147 cm³/mol. The van der Waals surface area contributed by atoms with Crippen LogP contribution < -0.4 is 32.5 Å². The minimum Gasteiger partial charge on any atom is -0.394 e. The Hall–Kier alpha value is -4.93. The van der Waals surface area contributed by atoms with Crippen molar-refractivity contribution in [3.63, 3.8) is 0 Å². The molecule has 11 heteroatoms. The summed E-state index contributed by atoms with van der Waals surface area (Å²) in [5, 5.41) is 8.40. The van der Waals surface area contributed by atoms with Gasteiger partial charge in [-0.15, -0.1) is 0 Å². The van der Waals surface area contributed by atoms with Crippen LogP contribution in [-0.2, 0) is 19.5 Å². The molecule has 1 atom stereocenters. The van der Waals surface area contributed by atoms with E-state index in [1.807, 2.05) is 6.07 Å². The Balaban J connectivity index is 1.21. The minimum absolute atomic E-state index is 0.0121. The van der Waals surface area contributed by atoms with Crippen molar-refractivity contribution in [2.45, 2.75) is 45.8 Å². The van der Waals surface area contributed by atoms with Crippen molar-refractivity contribution in [3.8, 4) is 0 Å². The van der Waals surface area contributed by atoms with Crippen molar-refractivity contribution in [1.29, 1.82) is 0 Å². The third kappa shape index (κ3) is 5.05. The number of benzene rings is 2. The summed E-state index contributed by atoms with van der Waals surface area (Å²) < 4.78 is 14.3. The Morgan fingerprint density at radius 3 is 2.50 bits per heavy atom. The SMILES string of the molecule is Cc1ccc2c(c1C)CC[C@@H]2NC(=O)c1cc(C(=O)NCc2ccc(F)c(CNc3c(N)c(=O)c3=O)c2)ncn1. The summed E-state index contributed by atoms with van der Waals surface area (Å²) in [5.41, 5.74) is 9.50. The van der Waals surface area contributed by atoms with Gasteiger partial charge < -0.3 is 21.7 Å². The summed E-state index contributed by atoms with van der Waals surface area (Å²) in [5.74, 6) is -1.46. The first kappa shape index (κ1) is 26.7. The maximum absolute atomic E-state index is 14.3. The van der Waals surface area contributed by atoms with Crippen LogP contribution in [0.25, 0.3) is 0 Å². The second-order valence-corrected chi connectivity index (χ2v) is 9.84. The van der Waals surface area contributed by atoms with Gasteiger partial charge in [-0.3, -0.25) is 19.2 Å². The van der Waals surface area contributed by atoms with E-state index in [0.717, 1.165) is 24.7 Å². The van der Waals surface area contributed by atoms with Crippen molar-refractivity contribution >= 4 is 23.2 Å². The summed E-state index contributed by atoms with van der Waals surface area (Å²) in [6.07, 6.45) is 2.84. The lowest BCUT2D eigenvalue weighted by atomic mass is 9.99. The van der Waals surface area contributed by atoms with Crippen LogP contribution in [0.4, 0.5) is 15.8 Å². The molecule has 0 fully saturated rings. The molecule has 10 nitrogen and oxygen atoms in total. The number of rotatable bonds is 8. The molecule has 204 valence electrons. The monoisotopic (exact) mass is 542 g/mol. The highest BCUT2D eigenvalue weighted by Crippen LogP contribution is 2.34. The first-order valence-electron chi connectivity index (χ1n) is 12.7. The van der Waals surface area contributed by atoms with Gasteiger partial charge in [0.25, 0.3) is 22.7 Å². The molecule has 4 aromatic rings. The zero-order valence-corrected chi connectivity index (χ0v) is 21.9. The molecule has 5 rings (SSSR count). The largest absolute Gasteiger partial charge is 0.394 e. The van der Waals surface area contributed by atoms with Gasteiger partial charge >= 0.3 is 0 Å². The number of hydrogen-bond donors (Lipinski definition) is 4. The van der Waals surface area contributed by atoms with Gasteiger partial charge in [-0.1, -0.05) is 18.2 Å². The number of nitrogens with zero attached hydrogens (tertiary/aromatic N) is 2. The molecule has 0 aliphatic heterocycles. The molecule has 0 spiro atoms. The molecule has 0 saturated carbocycles. The van der Waals surface area contributed by atoms with E-state index in [1.54, 1.807) is 0 Å². The van der Waals surface area contributed by atoms with Gasteiger partial charge in [0.2, 0.25) is 0 Å². The normalized spacial score (nSPS) is 14.1. The smallest absolute Gasteiger partial charge is 0.270 e. The highest BCUT2D eigenvalue weighted by molar-refractivity contribution is 5.97. The number of anilines is 2. The van der Waals surface area contributed by atoms with Gasteiger partial charge in [0.1, 0.15) is 34.9 Å². The molecule has 2 amide bonds. The molecular weight excluding hydrogens is 515 g/mol. The van der Waals surface area contributed by atoms with E-state index in [1.165, 1.54) is 41.0 Å². The molecule has 0 saturated heterocycles. The first-order valence-corrected chi connectivity index (χ1v) is 12.7. The van der Waals surface area contributed by atoms with Gasteiger partial charge in [-0.05, 0) is 66.6 Å². The number of hydrogen-bond acceptors (Lipinski definition) is 8. The highest BCUT2D eigenvalue weighted by Gasteiger charge is 2.26. The van der Waals surface area contributed by atoms with Crippen LogP contribution in [0.1, 0.15) is 66.8 Å². The standard InChI is InChI=1S/C29H27FN6O4/c1-14-3-5-19-18(15(14)2)6-8-21(19)36-29(40)23-10-22(34-13-35-23)28(39)33-11-16-4-7-20(30)17(9-16)12-32-25-24(31)26(37)27(25)38/h3-5,7,9-10,13,21,32H,6,8,11-12,31H2,1-2H3,(H,33,39)(H,36,40)/t21-/m0/s1. The topological polar surface area (TPSA) is 156 Å². The Morgan fingerprint density at radius 1 is 1.00 bits per heavy atom. The number of amides is 2. The van der Waals surface area contributed by atoms with Crippen LogP contribution in [0.15, 0.2) is 52.3 Å². The average molecular weight is 543 g/mol. The minimum atomic E-state index is -0.765. The van der Waals surface area contributed by atoms with Crippen molar-refractivity contribution < 1.29 is 14.0 Å². The molecule has 40 heavy (non-hydrogen) atoms. The van der Waals surface area contributed by atoms with Gasteiger partial charge in [-0.25, -0.2) is 14.4 Å². The number of aryl methyl sites for hydroxylation is 1. The van der Waals surface area contributed by atoms with Crippen LogP contribution in [0.5, 0.6) is 0 Å². The molecule has 0 unspecified atom stereocenters. The van der Waals surface area contributed by atoms with Gasteiger partial charge in [-0.2, -0.15) is 0 Å². The lowest BCUT2D eigenvalue weighted by Gasteiger charge is -2.15. The Morgan fingerprint density at radius 2 is 1.75 bits per heavy atom. The first-order chi connectivity index (χ1) is 19.1. The van der Waals surface area contributed by atoms with Crippen LogP contribution >= 0.6 is 0 Å². The predicted octanol–water partition coefficient (Wildman–Crippen LogP) is 2.37. The van der Waals surface area contributed by atoms with Crippen molar-refractivity contribution in [1.82, 2.24) is 20.6 Å². The highest BCUT2D eigenvalue weighted by atomic mass is 19.1. The molecule has 0 radical (unpaired) electrons. The van der Waals surface area contributed by atoms with Gasteiger partial charge in [0.15, 0.2) is 0 Å². The Labute approximate surface area is 228 Å². The molecular formula is C29H27FN6O4. The maximum Gasteiger partial charge on any atom is 0.270 e. The van der Waals surface area contributed by atoms with E-state index < -0.39 is 28.5 Å². The third-order valence-corrected chi connectivity index (χ3v) is 7.37. The number of nitrogens with two attached hydrogens (primary N) is 1. The summed E-state index contributed by atoms with van der Waals surface area (Å²) in [4.78, 5) is 56.6. The summed E-state index contributed by atoms with van der Waals surface area (Å²) in [6.45, 7) is 4.14. The zero-order chi connectivity index (χ0) is 28.6. The number of nitrogens with one attached hydrogen (secondary N) is 3. The Bertz CT molecular complexity index is 1730. The number of fused-ring (bicyclic) bond motifs is 1. The van der Waals surface area contributed by atoms with E-state index in [9.17, 15) is 23.6 Å². The Kier molecular flexibility index (Phi) is 7.12. The lowest BCUT2D eigenvalue weighted by molar-refractivity contribution is 0.0931. The fraction of sp³-hybridized carbons (Fsp3) is 0.241. The maximum atomic E-state index is 14.3. The van der Waals surface area contributed by atoms with Crippen LogP contribution in [0, 0.1) is 19.7 Å². The number of carbonyl (C=O) groups is 2. The van der Waals surface area contributed by atoms with Crippen molar-refractivity contribution in [2.24, 2.45) is 0 Å². The van der Waals surface area contributed by atoms with E-state index >= 15 is 0 Å². The molecule has 1 heterocycles. The average Bonchev–Trinajstić information content (AvgIpc) is 3.37. The quantitative estimate of drug-likeness (QED) is 0.247. The molecule has 5 N–H and O–H groups in total.